The van der Waals surface area contributed by atoms with Crippen LogP contribution in [0.5, 0.6) is 0 Å². The van der Waals surface area contributed by atoms with Crippen molar-refractivity contribution in [3.05, 3.63) is 0 Å². The van der Waals surface area contributed by atoms with E-state index >= 15 is 0 Å². The van der Waals surface area contributed by atoms with Gasteiger partial charge in [0.05, 0.1) is 0 Å². The second-order valence-electron chi connectivity index (χ2n) is 3.64. The van der Waals surface area contributed by atoms with E-state index < -0.39 is 34.6 Å². The van der Waals surface area contributed by atoms with Gasteiger partial charge in [0.1, 0.15) is 0 Å². The molecule has 112 valence electrons. The molecule has 0 saturated carbocycles. The molecule has 2 N–H and O–H groups in total. The van der Waals surface area contributed by atoms with Crippen LogP contribution in [-0.2, 0) is 10.1 Å². The maximum atomic E-state index is 12.5. The van der Waals surface area contributed by atoms with Crippen LogP contribution in [0.1, 0.15) is 32.1 Å². The Bertz CT molecular complexity index is 293. The van der Waals surface area contributed by atoms with E-state index in [1.807, 2.05) is 14.1 Å². The van der Waals surface area contributed by atoms with E-state index in [0.717, 1.165) is 0 Å². The molecule has 0 aromatic rings. The lowest BCUT2D eigenvalue weighted by atomic mass is 10.1. The smallest absolute Gasteiger partial charge is 0.323 e. The van der Waals surface area contributed by atoms with Gasteiger partial charge in [-0.2, -0.15) is 21.6 Å². The summed E-state index contributed by atoms with van der Waals surface area (Å²) >= 11 is 0. The monoisotopic (exact) mass is 297 g/mol. The highest BCUT2D eigenvalue weighted by molar-refractivity contribution is 7.86. The van der Waals surface area contributed by atoms with Gasteiger partial charge in [-0.1, -0.05) is 6.42 Å². The fourth-order valence-corrected chi connectivity index (χ4v) is 1.42. The molecular weight excluding hydrogens is 278 g/mol. The van der Waals surface area contributed by atoms with Crippen molar-refractivity contribution >= 4 is 10.1 Å². The Labute approximate surface area is 105 Å². The van der Waals surface area contributed by atoms with Gasteiger partial charge in [0.25, 0.3) is 10.1 Å². The molecule has 9 heteroatoms. The molecular formula is C9H19F4NO3S. The lowest BCUT2D eigenvalue weighted by Crippen LogP contribution is -2.14. The Kier molecular flexibility index (Phi) is 10.5. The lowest BCUT2D eigenvalue weighted by Gasteiger charge is -2.06. The van der Waals surface area contributed by atoms with Crippen molar-refractivity contribution in [2.24, 2.45) is 0 Å². The summed E-state index contributed by atoms with van der Waals surface area (Å²) in [6, 6.07) is 0. The summed E-state index contributed by atoms with van der Waals surface area (Å²) in [6.07, 6.45) is -5.77. The molecule has 18 heavy (non-hydrogen) atoms. The zero-order valence-electron chi connectivity index (χ0n) is 10.3. The maximum Gasteiger partial charge on any atom is 0.389 e. The first kappa shape index (κ1) is 19.9. The minimum Gasteiger partial charge on any atom is -0.323 e. The summed E-state index contributed by atoms with van der Waals surface area (Å²) < 4.78 is 75.9. The summed E-state index contributed by atoms with van der Waals surface area (Å²) in [7, 11) is -0.957. The van der Waals surface area contributed by atoms with Crippen LogP contribution in [0.15, 0.2) is 0 Å². The highest BCUT2D eigenvalue weighted by atomic mass is 32.2. The standard InChI is InChI=1S/C7H12F4O3S.C2H7N/c8-6(15(12,13)14)4-2-1-3-5-7(9,10)11;1-3-2/h6H,1-5H2,(H,12,13,14);3H,1-2H3. The molecule has 0 aliphatic carbocycles. The summed E-state index contributed by atoms with van der Waals surface area (Å²) in [5.41, 5.74) is -2.40. The molecule has 0 amide bonds. The van der Waals surface area contributed by atoms with E-state index in [2.05, 4.69) is 5.32 Å². The number of halogens is 4. The van der Waals surface area contributed by atoms with Crippen molar-refractivity contribution < 1.29 is 30.5 Å². The minimum atomic E-state index is -4.71. The molecule has 0 saturated heterocycles. The van der Waals surface area contributed by atoms with Gasteiger partial charge in [-0.3, -0.25) is 4.55 Å². The third-order valence-corrected chi connectivity index (χ3v) is 2.60. The zero-order valence-corrected chi connectivity index (χ0v) is 11.1. The molecule has 0 rings (SSSR count). The van der Waals surface area contributed by atoms with Gasteiger partial charge in [-0.25, -0.2) is 4.39 Å². The van der Waals surface area contributed by atoms with Crippen molar-refractivity contribution in [2.75, 3.05) is 14.1 Å². The van der Waals surface area contributed by atoms with Crippen LogP contribution in [0.25, 0.3) is 0 Å². The molecule has 4 nitrogen and oxygen atoms in total. The number of alkyl halides is 4. The molecule has 0 radical (unpaired) electrons. The normalized spacial score (nSPS) is 13.7. The fourth-order valence-electron chi connectivity index (χ4n) is 0.956. The SMILES string of the molecule is CNC.O=S(=O)(O)C(F)CCCCCC(F)(F)F. The topological polar surface area (TPSA) is 66.4 Å². The molecule has 1 atom stereocenters. The van der Waals surface area contributed by atoms with Crippen LogP contribution in [0.2, 0.25) is 0 Å². The van der Waals surface area contributed by atoms with Gasteiger partial charge in [-0.15, -0.1) is 0 Å². The second kappa shape index (κ2) is 9.51. The first-order valence-electron chi connectivity index (χ1n) is 5.30. The molecule has 1 unspecified atom stereocenters. The van der Waals surface area contributed by atoms with Crippen LogP contribution < -0.4 is 5.32 Å². The van der Waals surface area contributed by atoms with Gasteiger partial charge in [0.2, 0.25) is 5.50 Å². The highest BCUT2D eigenvalue weighted by Gasteiger charge is 2.26. The van der Waals surface area contributed by atoms with E-state index in [1.165, 1.54) is 0 Å². The molecule has 0 spiro atoms. The van der Waals surface area contributed by atoms with Crippen molar-refractivity contribution in [1.29, 1.82) is 0 Å². The van der Waals surface area contributed by atoms with Crippen LogP contribution >= 0.6 is 0 Å². The lowest BCUT2D eigenvalue weighted by molar-refractivity contribution is -0.135. The number of hydrogen-bond donors (Lipinski definition) is 2. The Hall–Kier alpha value is -0.410. The highest BCUT2D eigenvalue weighted by Crippen LogP contribution is 2.23. The number of nitrogens with one attached hydrogen (secondary N) is 1. The first-order chi connectivity index (χ1) is 8.04. The molecule has 0 bridgehead atoms. The Morgan fingerprint density at radius 1 is 1.17 bits per heavy atom. The predicted octanol–water partition coefficient (Wildman–Crippen LogP) is 2.52. The molecule has 0 aromatic carbocycles. The van der Waals surface area contributed by atoms with Crippen molar-refractivity contribution in [3.8, 4) is 0 Å². The summed E-state index contributed by atoms with van der Waals surface area (Å²) in [6.45, 7) is 0. The van der Waals surface area contributed by atoms with E-state index in [1.54, 1.807) is 0 Å². The van der Waals surface area contributed by atoms with Crippen LogP contribution in [-0.4, -0.2) is 38.7 Å². The van der Waals surface area contributed by atoms with Gasteiger partial charge in [0.15, 0.2) is 0 Å². The average molecular weight is 297 g/mol. The van der Waals surface area contributed by atoms with E-state index in [4.69, 9.17) is 4.55 Å². The summed E-state index contributed by atoms with van der Waals surface area (Å²) in [5, 5.41) is 2.75. The van der Waals surface area contributed by atoms with Gasteiger partial charge < -0.3 is 5.32 Å². The molecule has 0 fully saturated rings. The molecule has 0 aliphatic heterocycles. The summed E-state index contributed by atoms with van der Waals surface area (Å²) in [4.78, 5) is 0. The van der Waals surface area contributed by atoms with Crippen LogP contribution in [0.3, 0.4) is 0 Å². The first-order valence-corrected chi connectivity index (χ1v) is 6.80. The van der Waals surface area contributed by atoms with Crippen molar-refractivity contribution in [1.82, 2.24) is 5.32 Å². The molecule has 0 aliphatic rings. The van der Waals surface area contributed by atoms with Gasteiger partial charge in [0, 0.05) is 6.42 Å². The van der Waals surface area contributed by atoms with Crippen LogP contribution in [0, 0.1) is 0 Å². The number of rotatable bonds is 6. The van der Waals surface area contributed by atoms with E-state index in [0.29, 0.717) is 0 Å². The largest absolute Gasteiger partial charge is 0.389 e. The number of unbranched alkanes of at least 4 members (excludes halogenated alkanes) is 2. The quantitative estimate of drug-likeness (QED) is 0.449. The zero-order chi connectivity index (χ0) is 14.8. The van der Waals surface area contributed by atoms with Gasteiger partial charge in [-0.05, 0) is 33.4 Å². The molecule has 0 heterocycles. The maximum absolute atomic E-state index is 12.5. The van der Waals surface area contributed by atoms with Gasteiger partial charge >= 0.3 is 6.18 Å². The fraction of sp³-hybridized carbons (Fsp3) is 1.00. The van der Waals surface area contributed by atoms with Crippen molar-refractivity contribution in [2.45, 2.75) is 43.8 Å². The molecule has 0 aromatic heterocycles. The van der Waals surface area contributed by atoms with Crippen LogP contribution in [0.4, 0.5) is 17.6 Å². The average Bonchev–Trinajstić information content (AvgIpc) is 2.14. The predicted molar refractivity (Wildman–Crippen MR) is 60.6 cm³/mol. The second-order valence-corrected chi connectivity index (χ2v) is 5.18. The third kappa shape index (κ3) is 15.6. The third-order valence-electron chi connectivity index (χ3n) is 1.71. The Morgan fingerprint density at radius 3 is 1.94 bits per heavy atom. The number of hydrogen-bond acceptors (Lipinski definition) is 3. The van der Waals surface area contributed by atoms with E-state index in [9.17, 15) is 26.0 Å². The minimum absolute atomic E-state index is 0.00294. The van der Waals surface area contributed by atoms with E-state index in [-0.39, 0.29) is 19.3 Å². The Morgan fingerprint density at radius 2 is 1.61 bits per heavy atom. The van der Waals surface area contributed by atoms with Crippen molar-refractivity contribution in [3.63, 3.8) is 0 Å². The Balaban J connectivity index is 0. The summed E-state index contributed by atoms with van der Waals surface area (Å²) in [5.74, 6) is 0.